The molecule has 0 saturated carbocycles. The smallest absolute Gasteiger partial charge is 0.244 e. The molecule has 1 amide bonds. The van der Waals surface area contributed by atoms with Gasteiger partial charge in [0.25, 0.3) is 0 Å². The number of carbonyl (C=O) groups is 1. The van der Waals surface area contributed by atoms with Crippen molar-refractivity contribution in [3.8, 4) is 11.5 Å². The third kappa shape index (κ3) is 6.64. The number of halogens is 1. The largest absolute Gasteiger partial charge is 0.486 e. The first-order valence-corrected chi connectivity index (χ1v) is 14.3. The Balaban J connectivity index is 1.40. The van der Waals surface area contributed by atoms with Crippen LogP contribution in [-0.4, -0.2) is 43.8 Å². The second kappa shape index (κ2) is 11.1. The van der Waals surface area contributed by atoms with Gasteiger partial charge in [0.05, 0.1) is 4.90 Å². The molecule has 2 aromatic carbocycles. The van der Waals surface area contributed by atoms with E-state index in [1.807, 2.05) is 24.3 Å². The maximum atomic E-state index is 13.0. The van der Waals surface area contributed by atoms with Crippen LogP contribution in [0.2, 0.25) is 5.02 Å². The van der Waals surface area contributed by atoms with Crippen molar-refractivity contribution in [2.45, 2.75) is 34.9 Å². The van der Waals surface area contributed by atoms with E-state index in [0.717, 1.165) is 5.56 Å². The van der Waals surface area contributed by atoms with Crippen molar-refractivity contribution in [2.75, 3.05) is 18.5 Å². The zero-order valence-electron chi connectivity index (χ0n) is 18.9. The molecule has 1 aromatic heterocycles. The Morgan fingerprint density at radius 2 is 1.83 bits per heavy atom. The highest BCUT2D eigenvalue weighted by molar-refractivity contribution is 8.00. The quantitative estimate of drug-likeness (QED) is 0.298. The number of thioether (sulfide) groups is 1. The van der Waals surface area contributed by atoms with Crippen LogP contribution in [-0.2, 0) is 20.6 Å². The van der Waals surface area contributed by atoms with E-state index in [0.29, 0.717) is 39.8 Å². The summed E-state index contributed by atoms with van der Waals surface area (Å²) >= 11 is 8.61. The molecule has 4 rings (SSSR count). The first-order chi connectivity index (χ1) is 16.7. The van der Waals surface area contributed by atoms with Crippen LogP contribution in [0.1, 0.15) is 19.4 Å². The van der Waals surface area contributed by atoms with Gasteiger partial charge in [0, 0.05) is 16.8 Å². The molecule has 1 aliphatic heterocycles. The van der Waals surface area contributed by atoms with E-state index in [2.05, 4.69) is 20.2 Å². The summed E-state index contributed by atoms with van der Waals surface area (Å²) in [5, 5.41) is 11.7. The minimum Gasteiger partial charge on any atom is -0.486 e. The molecule has 35 heavy (non-hydrogen) atoms. The van der Waals surface area contributed by atoms with Crippen molar-refractivity contribution in [3.63, 3.8) is 0 Å². The number of ether oxygens (including phenoxy) is 2. The maximum absolute atomic E-state index is 13.0. The molecule has 186 valence electrons. The van der Waals surface area contributed by atoms with Crippen LogP contribution in [0.5, 0.6) is 11.5 Å². The highest BCUT2D eigenvalue weighted by atomic mass is 35.5. The van der Waals surface area contributed by atoms with E-state index in [1.54, 1.807) is 13.8 Å². The average molecular weight is 555 g/mol. The zero-order chi connectivity index (χ0) is 25.0. The standard InChI is InChI=1S/C22H23ClN4O5S3/c1-13(2)19(27-35(29,30)16-7-8-17-18(11-16)32-10-9-31-17)20(28)24-21-25-26-22(34-21)33-12-14-3-5-15(23)6-4-14/h3-8,11,13,19,27H,9-10,12H2,1-2H3,(H,24,25,28)/t19-/m0/s1. The molecule has 0 fully saturated rings. The maximum Gasteiger partial charge on any atom is 0.244 e. The second-order valence-electron chi connectivity index (χ2n) is 7.93. The molecule has 1 atom stereocenters. The first-order valence-electron chi connectivity index (χ1n) is 10.6. The van der Waals surface area contributed by atoms with Crippen molar-refractivity contribution in [3.05, 3.63) is 53.1 Å². The van der Waals surface area contributed by atoms with Gasteiger partial charge < -0.3 is 9.47 Å². The molecule has 9 nitrogen and oxygen atoms in total. The van der Waals surface area contributed by atoms with Gasteiger partial charge in [0.15, 0.2) is 15.8 Å². The average Bonchev–Trinajstić information content (AvgIpc) is 3.28. The highest BCUT2D eigenvalue weighted by Gasteiger charge is 2.30. The fraction of sp³-hybridized carbons (Fsp3) is 0.318. The number of aromatic nitrogens is 2. The van der Waals surface area contributed by atoms with E-state index in [1.165, 1.54) is 41.3 Å². The summed E-state index contributed by atoms with van der Waals surface area (Å²) in [5.41, 5.74) is 1.08. The number of rotatable bonds is 9. The lowest BCUT2D eigenvalue weighted by Crippen LogP contribution is -2.47. The lowest BCUT2D eigenvalue weighted by molar-refractivity contribution is -0.118. The number of benzene rings is 2. The van der Waals surface area contributed by atoms with Gasteiger partial charge in [-0.05, 0) is 35.7 Å². The molecule has 13 heteroatoms. The molecule has 0 spiro atoms. The van der Waals surface area contributed by atoms with Crippen molar-refractivity contribution >= 4 is 55.8 Å². The summed E-state index contributed by atoms with van der Waals surface area (Å²) in [6.07, 6.45) is 0. The number of anilines is 1. The molecule has 0 unspecified atom stereocenters. The second-order valence-corrected chi connectivity index (χ2v) is 12.3. The summed E-state index contributed by atoms with van der Waals surface area (Å²) in [7, 11) is -4.00. The molecule has 0 radical (unpaired) electrons. The lowest BCUT2D eigenvalue weighted by Gasteiger charge is -2.22. The number of carbonyl (C=O) groups excluding carboxylic acids is 1. The fourth-order valence-electron chi connectivity index (χ4n) is 3.15. The van der Waals surface area contributed by atoms with E-state index >= 15 is 0 Å². The topological polar surface area (TPSA) is 120 Å². The number of amides is 1. The Hall–Kier alpha value is -2.38. The normalized spacial score (nSPS) is 14.1. The molecular weight excluding hydrogens is 532 g/mol. The van der Waals surface area contributed by atoms with Gasteiger partial charge in [0.2, 0.25) is 21.1 Å². The number of hydrogen-bond acceptors (Lipinski definition) is 9. The van der Waals surface area contributed by atoms with Crippen molar-refractivity contribution in [1.82, 2.24) is 14.9 Å². The molecule has 1 aliphatic rings. The van der Waals surface area contributed by atoms with E-state index in [9.17, 15) is 13.2 Å². The van der Waals surface area contributed by atoms with Gasteiger partial charge in [-0.25, -0.2) is 8.42 Å². The number of nitrogens with one attached hydrogen (secondary N) is 2. The van der Waals surface area contributed by atoms with Crippen molar-refractivity contribution in [1.29, 1.82) is 0 Å². The Morgan fingerprint density at radius 3 is 2.54 bits per heavy atom. The summed E-state index contributed by atoms with van der Waals surface area (Å²) in [4.78, 5) is 12.9. The molecule has 2 heterocycles. The van der Waals surface area contributed by atoms with Gasteiger partial charge in [-0.15, -0.1) is 10.2 Å². The third-order valence-electron chi connectivity index (χ3n) is 4.97. The molecular formula is C22H23ClN4O5S3. The van der Waals surface area contributed by atoms with Gasteiger partial charge in [0.1, 0.15) is 19.3 Å². The Kier molecular flexibility index (Phi) is 8.17. The highest BCUT2D eigenvalue weighted by Crippen LogP contribution is 2.32. The molecule has 0 bridgehead atoms. The number of fused-ring (bicyclic) bond motifs is 1. The molecule has 3 aromatic rings. The number of hydrogen-bond donors (Lipinski definition) is 2. The fourth-order valence-corrected chi connectivity index (χ4v) is 6.34. The third-order valence-corrected chi connectivity index (χ3v) is 8.70. The minimum absolute atomic E-state index is 0.0167. The predicted octanol–water partition coefficient (Wildman–Crippen LogP) is 4.20. The summed E-state index contributed by atoms with van der Waals surface area (Å²) in [6.45, 7) is 4.25. The van der Waals surface area contributed by atoms with Crippen LogP contribution in [0.4, 0.5) is 5.13 Å². The molecule has 2 N–H and O–H groups in total. The van der Waals surface area contributed by atoms with Crippen LogP contribution in [0.25, 0.3) is 0 Å². The monoisotopic (exact) mass is 554 g/mol. The van der Waals surface area contributed by atoms with E-state index in [-0.39, 0.29) is 15.9 Å². The van der Waals surface area contributed by atoms with Gasteiger partial charge in [-0.1, -0.05) is 60.7 Å². The summed E-state index contributed by atoms with van der Waals surface area (Å²) in [5.74, 6) is 0.653. The number of nitrogens with zero attached hydrogens (tertiary/aromatic N) is 2. The Bertz CT molecular complexity index is 1300. The van der Waals surface area contributed by atoms with Crippen molar-refractivity contribution in [2.24, 2.45) is 5.92 Å². The van der Waals surface area contributed by atoms with Crippen LogP contribution >= 0.6 is 34.7 Å². The van der Waals surface area contributed by atoms with E-state index in [4.69, 9.17) is 21.1 Å². The lowest BCUT2D eigenvalue weighted by atomic mass is 10.1. The van der Waals surface area contributed by atoms with Crippen LogP contribution in [0, 0.1) is 5.92 Å². The summed E-state index contributed by atoms with van der Waals surface area (Å²) < 4.78 is 40.1. The predicted molar refractivity (Wildman–Crippen MR) is 136 cm³/mol. The van der Waals surface area contributed by atoms with Gasteiger partial charge in [-0.2, -0.15) is 4.72 Å². The van der Waals surface area contributed by atoms with Crippen LogP contribution < -0.4 is 19.5 Å². The van der Waals surface area contributed by atoms with E-state index < -0.39 is 22.0 Å². The number of sulfonamides is 1. The van der Waals surface area contributed by atoms with Crippen molar-refractivity contribution < 1.29 is 22.7 Å². The van der Waals surface area contributed by atoms with Crippen LogP contribution in [0.3, 0.4) is 0 Å². The van der Waals surface area contributed by atoms with Gasteiger partial charge in [-0.3, -0.25) is 10.1 Å². The van der Waals surface area contributed by atoms with Crippen LogP contribution in [0.15, 0.2) is 51.7 Å². The summed E-state index contributed by atoms with van der Waals surface area (Å²) in [6, 6.07) is 10.8. The first kappa shape index (κ1) is 25.7. The zero-order valence-corrected chi connectivity index (χ0v) is 22.1. The molecule has 0 aliphatic carbocycles. The molecule has 0 saturated heterocycles. The minimum atomic E-state index is -4.00. The SMILES string of the molecule is CC(C)[C@H](NS(=O)(=O)c1ccc2c(c1)OCCO2)C(=O)Nc1nnc(SCc2ccc(Cl)cc2)s1. The van der Waals surface area contributed by atoms with Gasteiger partial charge >= 0.3 is 0 Å². The Labute approximate surface area is 216 Å². The Morgan fingerprint density at radius 1 is 1.11 bits per heavy atom.